The van der Waals surface area contributed by atoms with Gasteiger partial charge >= 0.3 is 0 Å². The monoisotopic (exact) mass is 417 g/mol. The highest BCUT2D eigenvalue weighted by Gasteiger charge is 2.14. The summed E-state index contributed by atoms with van der Waals surface area (Å²) in [6.07, 6.45) is 0. The summed E-state index contributed by atoms with van der Waals surface area (Å²) in [5.74, 6) is 7.03. The van der Waals surface area contributed by atoms with Gasteiger partial charge in [0.05, 0.1) is 20.0 Å². The average molecular weight is 417 g/mol. The van der Waals surface area contributed by atoms with Crippen LogP contribution in [-0.2, 0) is 11.3 Å². The highest BCUT2D eigenvalue weighted by molar-refractivity contribution is 7.99. The molecule has 29 heavy (non-hydrogen) atoms. The lowest BCUT2D eigenvalue weighted by Crippen LogP contribution is -2.25. The zero-order chi connectivity index (χ0) is 20.8. The van der Waals surface area contributed by atoms with Gasteiger partial charge in [-0.05, 0) is 29.8 Å². The van der Waals surface area contributed by atoms with Crippen molar-refractivity contribution in [2.75, 3.05) is 25.8 Å². The number of ether oxygens (including phenoxy) is 2. The number of benzene rings is 2. The molecule has 0 fully saturated rings. The third kappa shape index (κ3) is 4.96. The second-order valence-corrected chi connectivity index (χ2v) is 6.88. The summed E-state index contributed by atoms with van der Waals surface area (Å²) in [5, 5.41) is 11.1. The number of halogens is 1. The van der Waals surface area contributed by atoms with E-state index in [-0.39, 0.29) is 11.7 Å². The Morgan fingerprint density at radius 1 is 1.17 bits per heavy atom. The van der Waals surface area contributed by atoms with Crippen LogP contribution < -0.4 is 20.6 Å². The number of nitrogens with zero attached hydrogens (tertiary/aromatic N) is 3. The Bertz CT molecular complexity index is 1010. The normalized spacial score (nSPS) is 10.6. The molecule has 0 radical (unpaired) electrons. The van der Waals surface area contributed by atoms with Gasteiger partial charge in [0.2, 0.25) is 11.1 Å². The fourth-order valence-corrected chi connectivity index (χ4v) is 3.26. The first-order chi connectivity index (χ1) is 14.0. The van der Waals surface area contributed by atoms with Crippen LogP contribution in [0.3, 0.4) is 0 Å². The van der Waals surface area contributed by atoms with E-state index in [0.717, 1.165) is 17.3 Å². The average Bonchev–Trinajstić information content (AvgIpc) is 3.10. The van der Waals surface area contributed by atoms with Gasteiger partial charge in [-0.1, -0.05) is 30.0 Å². The summed E-state index contributed by atoms with van der Waals surface area (Å²) in [6, 6.07) is 11.3. The van der Waals surface area contributed by atoms with Crippen molar-refractivity contribution in [1.29, 1.82) is 0 Å². The first-order valence-corrected chi connectivity index (χ1v) is 9.57. The van der Waals surface area contributed by atoms with E-state index in [4.69, 9.17) is 15.3 Å². The number of carbonyl (C=O) groups is 1. The Labute approximate surface area is 171 Å². The molecule has 152 valence electrons. The molecular weight excluding hydrogens is 397 g/mol. The zero-order valence-electron chi connectivity index (χ0n) is 15.9. The van der Waals surface area contributed by atoms with Crippen molar-refractivity contribution in [2.45, 2.75) is 11.7 Å². The summed E-state index contributed by atoms with van der Waals surface area (Å²) in [7, 11) is 3.12. The molecule has 0 aliphatic heterocycles. The fraction of sp³-hybridized carbons (Fsp3) is 0.211. The molecule has 2 aromatic carbocycles. The minimum absolute atomic E-state index is 0.103. The lowest BCUT2D eigenvalue weighted by Gasteiger charge is -2.10. The molecule has 0 aliphatic carbocycles. The topological polar surface area (TPSA) is 104 Å². The molecule has 1 heterocycles. The quantitative estimate of drug-likeness (QED) is 0.428. The first kappa shape index (κ1) is 20.5. The van der Waals surface area contributed by atoms with Crippen molar-refractivity contribution in [3.8, 4) is 22.9 Å². The Hall–Kier alpha value is -3.27. The van der Waals surface area contributed by atoms with E-state index in [1.165, 1.54) is 16.8 Å². The van der Waals surface area contributed by atoms with E-state index in [2.05, 4.69) is 15.5 Å². The van der Waals surface area contributed by atoms with Gasteiger partial charge in [0.25, 0.3) is 0 Å². The molecule has 1 amide bonds. The third-order valence-electron chi connectivity index (χ3n) is 4.02. The first-order valence-electron chi connectivity index (χ1n) is 8.58. The van der Waals surface area contributed by atoms with Crippen LogP contribution in [0.15, 0.2) is 47.6 Å². The molecule has 3 aromatic rings. The second-order valence-electron chi connectivity index (χ2n) is 5.94. The maximum absolute atomic E-state index is 13.4. The van der Waals surface area contributed by atoms with E-state index in [1.807, 2.05) is 6.07 Å². The zero-order valence-corrected chi connectivity index (χ0v) is 16.7. The molecule has 0 atom stereocenters. The lowest BCUT2D eigenvalue weighted by atomic mass is 10.2. The highest BCUT2D eigenvalue weighted by atomic mass is 32.2. The molecule has 3 rings (SSSR count). The minimum Gasteiger partial charge on any atom is -0.493 e. The summed E-state index contributed by atoms with van der Waals surface area (Å²) in [4.78, 5) is 12.2. The Morgan fingerprint density at radius 3 is 2.69 bits per heavy atom. The predicted octanol–water partition coefficient (Wildman–Crippen LogP) is 2.22. The minimum atomic E-state index is -0.394. The van der Waals surface area contributed by atoms with E-state index >= 15 is 0 Å². The number of hydrogen-bond acceptors (Lipinski definition) is 7. The van der Waals surface area contributed by atoms with Crippen LogP contribution in [-0.4, -0.2) is 40.8 Å². The van der Waals surface area contributed by atoms with Gasteiger partial charge in [0.15, 0.2) is 17.3 Å². The highest BCUT2D eigenvalue weighted by Crippen LogP contribution is 2.27. The number of nitrogen functional groups attached to an aromatic ring is 1. The summed E-state index contributed by atoms with van der Waals surface area (Å²) in [5.41, 5.74) is 1.38. The Morgan fingerprint density at radius 2 is 1.97 bits per heavy atom. The number of aromatic nitrogens is 3. The van der Waals surface area contributed by atoms with Gasteiger partial charge in [-0.25, -0.2) is 9.07 Å². The van der Waals surface area contributed by atoms with E-state index in [9.17, 15) is 9.18 Å². The SMILES string of the molecule is COc1ccc(CNC(=O)CSc2nnc(-c3cccc(F)c3)n2N)cc1OC. The van der Waals surface area contributed by atoms with E-state index < -0.39 is 5.82 Å². The van der Waals surface area contributed by atoms with Crippen molar-refractivity contribution >= 4 is 17.7 Å². The molecule has 10 heteroatoms. The Kier molecular flexibility index (Phi) is 6.55. The van der Waals surface area contributed by atoms with Crippen molar-refractivity contribution in [3.05, 3.63) is 53.8 Å². The van der Waals surface area contributed by atoms with Crippen LogP contribution in [0.5, 0.6) is 11.5 Å². The molecular formula is C19H20FN5O3S. The molecule has 0 unspecified atom stereocenters. The largest absolute Gasteiger partial charge is 0.493 e. The Balaban J connectivity index is 1.56. The number of thioether (sulfide) groups is 1. The second kappa shape index (κ2) is 9.28. The van der Waals surface area contributed by atoms with E-state index in [1.54, 1.807) is 38.5 Å². The smallest absolute Gasteiger partial charge is 0.230 e. The third-order valence-corrected chi connectivity index (χ3v) is 4.96. The number of carbonyl (C=O) groups excluding carboxylic acids is 1. The van der Waals surface area contributed by atoms with Gasteiger partial charge in [0, 0.05) is 12.1 Å². The number of nitrogens with two attached hydrogens (primary N) is 1. The molecule has 1 aromatic heterocycles. The molecule has 3 N–H and O–H groups in total. The van der Waals surface area contributed by atoms with Gasteiger partial charge in [-0.15, -0.1) is 10.2 Å². The van der Waals surface area contributed by atoms with Gasteiger partial charge in [-0.3, -0.25) is 4.79 Å². The van der Waals surface area contributed by atoms with Crippen LogP contribution in [0.1, 0.15) is 5.56 Å². The van der Waals surface area contributed by atoms with Gasteiger partial charge < -0.3 is 20.6 Å². The van der Waals surface area contributed by atoms with Crippen LogP contribution in [0.25, 0.3) is 11.4 Å². The molecule has 0 saturated carbocycles. The maximum atomic E-state index is 13.4. The maximum Gasteiger partial charge on any atom is 0.230 e. The predicted molar refractivity (Wildman–Crippen MR) is 108 cm³/mol. The molecule has 0 spiro atoms. The van der Waals surface area contributed by atoms with Crippen LogP contribution in [0.4, 0.5) is 4.39 Å². The fourth-order valence-electron chi connectivity index (χ4n) is 2.57. The van der Waals surface area contributed by atoms with Gasteiger partial charge in [-0.2, -0.15) is 0 Å². The molecule has 0 bridgehead atoms. The number of hydrogen-bond donors (Lipinski definition) is 2. The number of methoxy groups -OCH3 is 2. The lowest BCUT2D eigenvalue weighted by molar-refractivity contribution is -0.118. The van der Waals surface area contributed by atoms with Crippen molar-refractivity contribution in [3.63, 3.8) is 0 Å². The van der Waals surface area contributed by atoms with Crippen molar-refractivity contribution in [1.82, 2.24) is 20.2 Å². The van der Waals surface area contributed by atoms with Crippen LogP contribution in [0.2, 0.25) is 0 Å². The van der Waals surface area contributed by atoms with Crippen molar-refractivity contribution < 1.29 is 18.7 Å². The number of nitrogens with one attached hydrogen (secondary N) is 1. The van der Waals surface area contributed by atoms with Crippen molar-refractivity contribution in [2.24, 2.45) is 0 Å². The number of amides is 1. The van der Waals surface area contributed by atoms with Gasteiger partial charge in [0.1, 0.15) is 5.82 Å². The molecule has 8 nitrogen and oxygen atoms in total. The molecule has 0 aliphatic rings. The molecule has 0 saturated heterocycles. The van der Waals surface area contributed by atoms with Crippen LogP contribution in [0, 0.1) is 5.82 Å². The standard InChI is InChI=1S/C19H20FN5O3S/c1-27-15-7-6-12(8-16(15)28-2)10-22-17(26)11-29-19-24-23-18(25(19)21)13-4-3-5-14(20)9-13/h3-9H,10-11,21H2,1-2H3,(H,22,26). The van der Waals surface area contributed by atoms with E-state index in [0.29, 0.717) is 34.6 Å². The summed E-state index contributed by atoms with van der Waals surface area (Å²) < 4.78 is 25.1. The van der Waals surface area contributed by atoms with Crippen LogP contribution >= 0.6 is 11.8 Å². The number of rotatable bonds is 8. The summed E-state index contributed by atoms with van der Waals surface area (Å²) >= 11 is 1.14. The summed E-state index contributed by atoms with van der Waals surface area (Å²) in [6.45, 7) is 0.337.